The lowest BCUT2D eigenvalue weighted by Crippen LogP contribution is -2.43. The summed E-state index contributed by atoms with van der Waals surface area (Å²) in [6.07, 6.45) is 7.21. The van der Waals surface area contributed by atoms with Crippen LogP contribution >= 0.6 is 0 Å². The molecule has 1 aromatic rings. The second-order valence-corrected chi connectivity index (χ2v) is 9.23. The monoisotopic (exact) mass is 384 g/mol. The van der Waals surface area contributed by atoms with Gasteiger partial charge in [0.2, 0.25) is 0 Å². The number of guanidine groups is 1. The van der Waals surface area contributed by atoms with Gasteiger partial charge < -0.3 is 15.2 Å². The third-order valence-corrected chi connectivity index (χ3v) is 5.42. The maximum absolute atomic E-state index is 11.3. The number of rotatable bonds is 8. The Morgan fingerprint density at radius 3 is 2.85 bits per heavy atom. The Balaban J connectivity index is 1.89. The highest BCUT2D eigenvalue weighted by Gasteiger charge is 2.14. The zero-order chi connectivity index (χ0) is 19.0. The molecule has 0 radical (unpaired) electrons. The van der Waals surface area contributed by atoms with Crippen molar-refractivity contribution >= 4 is 15.8 Å². The van der Waals surface area contributed by atoms with Gasteiger partial charge in [0.15, 0.2) is 5.96 Å². The van der Waals surface area contributed by atoms with Crippen LogP contribution in [0, 0.1) is 0 Å². The first kappa shape index (κ1) is 20.7. The molecule has 26 heavy (non-hydrogen) atoms. The zero-order valence-corrected chi connectivity index (χ0v) is 17.0. The molecule has 0 fully saturated rings. The number of sulfone groups is 1. The number of hydrogen-bond donors (Lipinski definition) is 2. The van der Waals surface area contributed by atoms with Crippen LogP contribution in [0.1, 0.15) is 51.2 Å². The molecule has 9 heteroatoms. The molecule has 0 aliphatic carbocycles. The van der Waals surface area contributed by atoms with E-state index in [9.17, 15) is 8.42 Å². The smallest absolute Gasteiger partial charge is 0.191 e. The number of aliphatic imine (C=N–C) groups is 1. The second kappa shape index (κ2) is 9.89. The van der Waals surface area contributed by atoms with Crippen LogP contribution in [0.15, 0.2) is 4.99 Å². The number of fused-ring (bicyclic) bond motifs is 1. The van der Waals surface area contributed by atoms with Crippen molar-refractivity contribution in [2.24, 2.45) is 4.99 Å². The first-order valence-corrected chi connectivity index (χ1v) is 11.6. The standard InChI is InChI=1S/C17H32N6O2S/c1-4-18-17(20-14(2)10-13-26(3,24)25)19-11-9-16-22-21-15-8-6-5-7-12-23(15)16/h14H,4-13H2,1-3H3,(H2,18,19,20). The van der Waals surface area contributed by atoms with E-state index in [2.05, 4.69) is 30.4 Å². The number of hydrogen-bond acceptors (Lipinski definition) is 5. The van der Waals surface area contributed by atoms with Crippen molar-refractivity contribution in [3.8, 4) is 0 Å². The van der Waals surface area contributed by atoms with E-state index in [0.29, 0.717) is 18.9 Å². The normalized spacial score (nSPS) is 16.7. The van der Waals surface area contributed by atoms with Crippen LogP contribution in [0.5, 0.6) is 0 Å². The number of nitrogens with one attached hydrogen (secondary N) is 2. The summed E-state index contributed by atoms with van der Waals surface area (Å²) in [5, 5.41) is 15.1. The highest BCUT2D eigenvalue weighted by molar-refractivity contribution is 7.90. The molecule has 8 nitrogen and oxygen atoms in total. The van der Waals surface area contributed by atoms with Crippen LogP contribution in [0.2, 0.25) is 0 Å². The molecule has 0 aromatic carbocycles. The summed E-state index contributed by atoms with van der Waals surface area (Å²) >= 11 is 0. The number of nitrogens with zero attached hydrogens (tertiary/aromatic N) is 4. The molecule has 0 spiro atoms. The van der Waals surface area contributed by atoms with E-state index in [1.807, 2.05) is 13.8 Å². The highest BCUT2D eigenvalue weighted by atomic mass is 32.2. The van der Waals surface area contributed by atoms with E-state index in [1.165, 1.54) is 25.5 Å². The van der Waals surface area contributed by atoms with E-state index in [1.54, 1.807) is 0 Å². The van der Waals surface area contributed by atoms with Crippen molar-refractivity contribution in [1.82, 2.24) is 25.4 Å². The van der Waals surface area contributed by atoms with Crippen LogP contribution in [0.25, 0.3) is 0 Å². The third-order valence-electron chi connectivity index (χ3n) is 4.44. The summed E-state index contributed by atoms with van der Waals surface area (Å²) in [6, 6.07) is 0.0342. The first-order valence-electron chi connectivity index (χ1n) is 9.52. The van der Waals surface area contributed by atoms with Crippen LogP contribution in [0.4, 0.5) is 0 Å². The Hall–Kier alpha value is -1.64. The summed E-state index contributed by atoms with van der Waals surface area (Å²) in [5.74, 6) is 2.99. The topological polar surface area (TPSA) is 101 Å². The number of aryl methyl sites for hydroxylation is 1. The Morgan fingerprint density at radius 1 is 1.31 bits per heavy atom. The van der Waals surface area contributed by atoms with E-state index < -0.39 is 9.84 Å². The van der Waals surface area contributed by atoms with E-state index in [-0.39, 0.29) is 11.8 Å². The van der Waals surface area contributed by atoms with Crippen LogP contribution in [-0.4, -0.2) is 60.3 Å². The van der Waals surface area contributed by atoms with E-state index in [0.717, 1.165) is 37.6 Å². The predicted octanol–water partition coefficient (Wildman–Crippen LogP) is 0.925. The Morgan fingerprint density at radius 2 is 2.12 bits per heavy atom. The zero-order valence-electron chi connectivity index (χ0n) is 16.2. The molecule has 0 amide bonds. The lowest BCUT2D eigenvalue weighted by atomic mass is 10.2. The molecule has 2 heterocycles. The lowest BCUT2D eigenvalue weighted by molar-refractivity contribution is 0.580. The Kier molecular flexibility index (Phi) is 7.86. The molecule has 1 aromatic heterocycles. The highest BCUT2D eigenvalue weighted by Crippen LogP contribution is 2.14. The lowest BCUT2D eigenvalue weighted by Gasteiger charge is -2.17. The van der Waals surface area contributed by atoms with Crippen molar-refractivity contribution < 1.29 is 8.42 Å². The molecule has 1 atom stereocenters. The van der Waals surface area contributed by atoms with Gasteiger partial charge in [0.1, 0.15) is 21.5 Å². The van der Waals surface area contributed by atoms with Gasteiger partial charge in [-0.3, -0.25) is 4.99 Å². The van der Waals surface area contributed by atoms with Crippen molar-refractivity contribution in [3.63, 3.8) is 0 Å². The van der Waals surface area contributed by atoms with Gasteiger partial charge in [0.25, 0.3) is 0 Å². The van der Waals surface area contributed by atoms with Gasteiger partial charge in [0, 0.05) is 44.8 Å². The minimum Gasteiger partial charge on any atom is -0.357 e. The molecule has 1 aliphatic heterocycles. The van der Waals surface area contributed by atoms with Gasteiger partial charge >= 0.3 is 0 Å². The van der Waals surface area contributed by atoms with Gasteiger partial charge in [-0.1, -0.05) is 6.42 Å². The average molecular weight is 385 g/mol. The Labute approximate surface area is 156 Å². The van der Waals surface area contributed by atoms with Crippen LogP contribution in [0.3, 0.4) is 0 Å². The molecule has 0 saturated carbocycles. The van der Waals surface area contributed by atoms with Gasteiger partial charge in [-0.15, -0.1) is 10.2 Å². The van der Waals surface area contributed by atoms with Gasteiger partial charge in [0.05, 0.1) is 5.75 Å². The summed E-state index contributed by atoms with van der Waals surface area (Å²) in [4.78, 5) is 4.61. The fraction of sp³-hybridized carbons (Fsp3) is 0.824. The summed E-state index contributed by atoms with van der Waals surface area (Å²) in [7, 11) is -2.94. The molecule has 2 rings (SSSR count). The maximum Gasteiger partial charge on any atom is 0.191 e. The minimum absolute atomic E-state index is 0.0342. The van der Waals surface area contributed by atoms with Gasteiger partial charge in [-0.2, -0.15) is 0 Å². The fourth-order valence-corrected chi connectivity index (χ4v) is 3.80. The molecule has 0 bridgehead atoms. The third kappa shape index (κ3) is 6.93. The SMILES string of the molecule is CCNC(=NCCc1nnc2n1CCCCC2)NC(C)CCS(C)(=O)=O. The molecule has 0 saturated heterocycles. The average Bonchev–Trinajstić information content (AvgIpc) is 2.79. The van der Waals surface area contributed by atoms with E-state index in [4.69, 9.17) is 0 Å². The van der Waals surface area contributed by atoms with Crippen molar-refractivity contribution in [1.29, 1.82) is 0 Å². The Bertz CT molecular complexity index is 698. The summed E-state index contributed by atoms with van der Waals surface area (Å²) in [5.41, 5.74) is 0. The first-order chi connectivity index (χ1) is 12.4. The fourth-order valence-electron chi connectivity index (χ4n) is 3.01. The van der Waals surface area contributed by atoms with Crippen molar-refractivity contribution in [3.05, 3.63) is 11.6 Å². The van der Waals surface area contributed by atoms with Crippen LogP contribution in [-0.2, 0) is 29.2 Å². The van der Waals surface area contributed by atoms with Gasteiger partial charge in [-0.25, -0.2) is 8.42 Å². The van der Waals surface area contributed by atoms with Gasteiger partial charge in [-0.05, 0) is 33.1 Å². The van der Waals surface area contributed by atoms with E-state index >= 15 is 0 Å². The summed E-state index contributed by atoms with van der Waals surface area (Å²) in [6.45, 7) is 6.35. The minimum atomic E-state index is -2.94. The molecular formula is C17H32N6O2S. The number of aromatic nitrogens is 3. The second-order valence-electron chi connectivity index (χ2n) is 6.97. The molecular weight excluding hydrogens is 352 g/mol. The quantitative estimate of drug-likeness (QED) is 0.511. The predicted molar refractivity (Wildman–Crippen MR) is 104 cm³/mol. The molecule has 1 aliphatic rings. The molecule has 1 unspecified atom stereocenters. The molecule has 148 valence electrons. The molecule has 2 N–H and O–H groups in total. The van der Waals surface area contributed by atoms with Crippen molar-refractivity contribution in [2.45, 2.75) is 65.0 Å². The summed E-state index contributed by atoms with van der Waals surface area (Å²) < 4.78 is 24.9. The van der Waals surface area contributed by atoms with Crippen LogP contribution < -0.4 is 10.6 Å². The largest absolute Gasteiger partial charge is 0.357 e. The van der Waals surface area contributed by atoms with Crippen molar-refractivity contribution in [2.75, 3.05) is 25.1 Å². The maximum atomic E-state index is 11.3.